The molecule has 130 valence electrons. The highest BCUT2D eigenvalue weighted by Crippen LogP contribution is 2.49. The number of aliphatic hydroxyl groups is 2. The third kappa shape index (κ3) is 2.48. The third-order valence-corrected chi connectivity index (χ3v) is 4.30. The smallest absolute Gasteiger partial charge is 0.380 e. The van der Waals surface area contributed by atoms with Gasteiger partial charge in [-0.05, 0) is 18.4 Å². The van der Waals surface area contributed by atoms with Crippen LogP contribution < -0.4 is 0 Å². The van der Waals surface area contributed by atoms with Crippen LogP contribution in [0, 0.1) is 0 Å². The molecule has 1 saturated carbocycles. The maximum atomic E-state index is 13.5. The van der Waals surface area contributed by atoms with Crippen LogP contribution >= 0.6 is 0 Å². The average Bonchev–Trinajstić information content (AvgIpc) is 3.21. The monoisotopic (exact) mass is 346 g/mol. The first-order valence-electron chi connectivity index (χ1n) is 7.17. The molecule has 24 heavy (non-hydrogen) atoms. The van der Waals surface area contributed by atoms with Crippen molar-refractivity contribution in [2.75, 3.05) is 6.67 Å². The molecule has 1 aliphatic carbocycles. The quantitative estimate of drug-likeness (QED) is 0.814. The molecule has 0 bridgehead atoms. The summed E-state index contributed by atoms with van der Waals surface area (Å²) >= 11 is 0. The van der Waals surface area contributed by atoms with Crippen molar-refractivity contribution in [1.29, 1.82) is 0 Å². The second kappa shape index (κ2) is 5.52. The molecule has 5 nitrogen and oxygen atoms in total. The number of aromatic nitrogens is 2. The molecule has 1 fully saturated rings. The number of nitrogens with zero attached hydrogens (tertiary/aromatic N) is 2. The second-order valence-corrected chi connectivity index (χ2v) is 5.90. The Balaban J connectivity index is 2.00. The Morgan fingerprint density at radius 2 is 1.83 bits per heavy atom. The molecule has 3 rings (SSSR count). The lowest BCUT2D eigenvalue weighted by atomic mass is 9.87. The van der Waals surface area contributed by atoms with Crippen LogP contribution in [0.2, 0.25) is 0 Å². The van der Waals surface area contributed by atoms with Gasteiger partial charge in [0.15, 0.2) is 11.9 Å². The number of hydrogen-bond donors (Lipinski definition) is 2. The summed E-state index contributed by atoms with van der Waals surface area (Å²) in [4.78, 5) is 3.69. The Bertz CT molecular complexity index is 715. The van der Waals surface area contributed by atoms with Gasteiger partial charge >= 0.3 is 6.18 Å². The molecule has 1 aromatic carbocycles. The number of aliphatic hydroxyl groups excluding tert-OH is 1. The number of halogens is 4. The van der Waals surface area contributed by atoms with Gasteiger partial charge in [-0.1, -0.05) is 35.5 Å². The first-order valence-corrected chi connectivity index (χ1v) is 7.17. The van der Waals surface area contributed by atoms with Crippen molar-refractivity contribution >= 4 is 0 Å². The van der Waals surface area contributed by atoms with Gasteiger partial charge in [-0.2, -0.15) is 18.2 Å². The van der Waals surface area contributed by atoms with Crippen molar-refractivity contribution in [2.24, 2.45) is 0 Å². The molecular formula is C15H14F4N2O3. The van der Waals surface area contributed by atoms with Crippen LogP contribution in [0.1, 0.15) is 36.2 Å². The lowest BCUT2D eigenvalue weighted by Crippen LogP contribution is -2.47. The van der Waals surface area contributed by atoms with Crippen molar-refractivity contribution < 1.29 is 32.3 Å². The average molecular weight is 346 g/mol. The summed E-state index contributed by atoms with van der Waals surface area (Å²) in [5.74, 6) is -0.912. The summed E-state index contributed by atoms with van der Waals surface area (Å²) in [6, 6.07) is 6.10. The molecular weight excluding hydrogens is 332 g/mol. The van der Waals surface area contributed by atoms with Gasteiger partial charge in [0.05, 0.1) is 5.41 Å². The van der Waals surface area contributed by atoms with Crippen molar-refractivity contribution in [2.45, 2.75) is 36.1 Å². The predicted octanol–water partition coefficient (Wildman–Crippen LogP) is 2.55. The molecule has 1 heterocycles. The summed E-state index contributed by atoms with van der Waals surface area (Å²) < 4.78 is 58.1. The third-order valence-electron chi connectivity index (χ3n) is 4.30. The molecule has 2 aromatic rings. The summed E-state index contributed by atoms with van der Waals surface area (Å²) in [6.45, 7) is -0.774. The molecule has 9 heteroatoms. The minimum absolute atomic E-state index is 0.100. The fraction of sp³-hybridized carbons (Fsp3) is 0.467. The van der Waals surface area contributed by atoms with Crippen molar-refractivity contribution in [1.82, 2.24) is 10.1 Å². The lowest BCUT2D eigenvalue weighted by Gasteiger charge is -2.33. The van der Waals surface area contributed by atoms with Gasteiger partial charge < -0.3 is 14.7 Å². The van der Waals surface area contributed by atoms with E-state index in [9.17, 15) is 27.8 Å². The minimum Gasteiger partial charge on any atom is -0.380 e. The van der Waals surface area contributed by atoms with Gasteiger partial charge in [0, 0.05) is 0 Å². The molecule has 1 aromatic heterocycles. The molecule has 0 saturated heterocycles. The predicted molar refractivity (Wildman–Crippen MR) is 72.5 cm³/mol. The maximum Gasteiger partial charge on any atom is 0.424 e. The van der Waals surface area contributed by atoms with E-state index in [0.29, 0.717) is 12.8 Å². The number of hydrogen-bond acceptors (Lipinski definition) is 5. The van der Waals surface area contributed by atoms with Crippen LogP contribution in [0.5, 0.6) is 0 Å². The number of benzene rings is 1. The van der Waals surface area contributed by atoms with E-state index in [4.69, 9.17) is 0 Å². The SMILES string of the molecule is OC(c1nc(C2(CF)CC2)no1)C(O)(c1ccccc1)C(F)(F)F. The van der Waals surface area contributed by atoms with Gasteiger partial charge in [-0.3, -0.25) is 0 Å². The summed E-state index contributed by atoms with van der Waals surface area (Å²) in [5, 5.41) is 23.9. The van der Waals surface area contributed by atoms with E-state index in [1.165, 1.54) is 18.2 Å². The highest BCUT2D eigenvalue weighted by Gasteiger charge is 2.62. The van der Waals surface area contributed by atoms with Crippen LogP contribution in [0.15, 0.2) is 34.9 Å². The summed E-state index contributed by atoms with van der Waals surface area (Å²) in [5.41, 5.74) is -5.16. The van der Waals surface area contributed by atoms with E-state index in [2.05, 4.69) is 14.7 Å². The summed E-state index contributed by atoms with van der Waals surface area (Å²) in [6.07, 6.45) is -6.86. The fourth-order valence-electron chi connectivity index (χ4n) is 2.48. The summed E-state index contributed by atoms with van der Waals surface area (Å²) in [7, 11) is 0. The largest absolute Gasteiger partial charge is 0.424 e. The Hall–Kier alpha value is -2.00. The van der Waals surface area contributed by atoms with Crippen LogP contribution in [0.4, 0.5) is 17.6 Å². The van der Waals surface area contributed by atoms with E-state index in [-0.39, 0.29) is 5.82 Å². The van der Waals surface area contributed by atoms with Crippen LogP contribution in [-0.4, -0.2) is 33.2 Å². The van der Waals surface area contributed by atoms with Gasteiger partial charge in [0.25, 0.3) is 5.89 Å². The van der Waals surface area contributed by atoms with E-state index >= 15 is 0 Å². The molecule has 0 aliphatic heterocycles. The standard InChI is InChI=1S/C15H14F4N2O3/c16-8-13(6-7-13)12-20-11(24-21-12)10(22)14(23,15(17,18)19)9-4-2-1-3-5-9/h1-5,10,22-23H,6-8H2. The van der Waals surface area contributed by atoms with E-state index in [1.807, 2.05) is 0 Å². The van der Waals surface area contributed by atoms with Crippen LogP contribution in [0.3, 0.4) is 0 Å². The van der Waals surface area contributed by atoms with Gasteiger partial charge in [0.2, 0.25) is 5.60 Å². The first kappa shape index (κ1) is 16.8. The highest BCUT2D eigenvalue weighted by molar-refractivity contribution is 5.27. The number of alkyl halides is 4. The zero-order chi connectivity index (χ0) is 17.6. The van der Waals surface area contributed by atoms with E-state index in [0.717, 1.165) is 12.1 Å². The highest BCUT2D eigenvalue weighted by atomic mass is 19.4. The molecule has 0 amide bonds. The molecule has 1 aliphatic rings. The molecule has 2 atom stereocenters. The zero-order valence-corrected chi connectivity index (χ0v) is 12.3. The Morgan fingerprint density at radius 1 is 1.21 bits per heavy atom. The van der Waals surface area contributed by atoms with Crippen molar-refractivity contribution in [3.05, 3.63) is 47.6 Å². The van der Waals surface area contributed by atoms with Crippen molar-refractivity contribution in [3.8, 4) is 0 Å². The van der Waals surface area contributed by atoms with Gasteiger partial charge in [-0.15, -0.1) is 0 Å². The molecule has 2 N–H and O–H groups in total. The minimum atomic E-state index is -5.21. The van der Waals surface area contributed by atoms with Gasteiger partial charge in [-0.25, -0.2) is 4.39 Å². The second-order valence-electron chi connectivity index (χ2n) is 5.90. The van der Waals surface area contributed by atoms with Gasteiger partial charge in [0.1, 0.15) is 6.67 Å². The van der Waals surface area contributed by atoms with E-state index in [1.54, 1.807) is 0 Å². The normalized spacial score (nSPS) is 20.4. The van der Waals surface area contributed by atoms with E-state index < -0.39 is 41.4 Å². The molecule has 2 unspecified atom stereocenters. The topological polar surface area (TPSA) is 79.4 Å². The van der Waals surface area contributed by atoms with Crippen LogP contribution in [0.25, 0.3) is 0 Å². The number of rotatable bonds is 5. The zero-order valence-electron chi connectivity index (χ0n) is 12.3. The molecule has 0 spiro atoms. The fourth-order valence-corrected chi connectivity index (χ4v) is 2.48. The van der Waals surface area contributed by atoms with Crippen molar-refractivity contribution in [3.63, 3.8) is 0 Å². The molecule has 0 radical (unpaired) electrons. The Kier molecular flexibility index (Phi) is 3.88. The first-order chi connectivity index (χ1) is 11.2. The lowest BCUT2D eigenvalue weighted by molar-refractivity contribution is -0.303. The Labute approximate surface area is 133 Å². The Morgan fingerprint density at radius 3 is 2.33 bits per heavy atom. The van der Waals surface area contributed by atoms with Crippen LogP contribution in [-0.2, 0) is 11.0 Å². The maximum absolute atomic E-state index is 13.5.